The summed E-state index contributed by atoms with van der Waals surface area (Å²) in [5.74, 6) is 1.39. The molecule has 1 aromatic carbocycles. The number of likely N-dealkylation sites (tertiary alicyclic amines) is 1. The van der Waals surface area contributed by atoms with Crippen molar-refractivity contribution in [3.63, 3.8) is 0 Å². The SMILES string of the molecule is O=C(C[C@@H]1CC2(CCN(Cc3ccsc3)CC2)c2ccccc21)NCC1CC1. The van der Waals surface area contributed by atoms with Crippen LogP contribution in [0, 0.1) is 5.92 Å². The Kier molecular flexibility index (Phi) is 5.02. The van der Waals surface area contributed by atoms with Crippen LogP contribution in [0.4, 0.5) is 0 Å². The van der Waals surface area contributed by atoms with Gasteiger partial charge in [-0.1, -0.05) is 24.3 Å². The molecule has 1 aromatic heterocycles. The molecule has 2 aliphatic carbocycles. The third-order valence-corrected chi connectivity index (χ3v) is 7.86. The maximum absolute atomic E-state index is 12.5. The molecule has 0 bridgehead atoms. The second-order valence-electron chi connectivity index (χ2n) is 9.13. The minimum atomic E-state index is 0.249. The third-order valence-electron chi connectivity index (χ3n) is 7.13. The number of nitrogens with one attached hydrogen (secondary N) is 1. The Balaban J connectivity index is 1.26. The zero-order chi connectivity index (χ0) is 19.0. The van der Waals surface area contributed by atoms with Gasteiger partial charge in [0, 0.05) is 19.5 Å². The minimum absolute atomic E-state index is 0.249. The first kappa shape index (κ1) is 18.4. The van der Waals surface area contributed by atoms with Gasteiger partial charge in [0.25, 0.3) is 0 Å². The molecule has 1 amide bonds. The van der Waals surface area contributed by atoms with E-state index in [9.17, 15) is 4.79 Å². The zero-order valence-electron chi connectivity index (χ0n) is 16.5. The quantitative estimate of drug-likeness (QED) is 0.771. The highest BCUT2D eigenvalue weighted by Gasteiger charge is 2.45. The number of nitrogens with zero attached hydrogens (tertiary/aromatic N) is 1. The molecule has 2 fully saturated rings. The average molecular weight is 395 g/mol. The topological polar surface area (TPSA) is 32.3 Å². The maximum atomic E-state index is 12.5. The van der Waals surface area contributed by atoms with Gasteiger partial charge in [0.1, 0.15) is 0 Å². The first-order valence-corrected chi connectivity index (χ1v) is 11.8. The molecule has 3 aliphatic rings. The van der Waals surface area contributed by atoms with Gasteiger partial charge in [-0.25, -0.2) is 0 Å². The second-order valence-corrected chi connectivity index (χ2v) is 9.91. The van der Waals surface area contributed by atoms with E-state index in [2.05, 4.69) is 51.3 Å². The van der Waals surface area contributed by atoms with E-state index in [1.54, 1.807) is 11.3 Å². The standard InChI is InChI=1S/C24H30N2OS/c27-23(25-15-18-5-6-18)13-20-14-24(22-4-2-1-3-21(20)22)8-10-26(11-9-24)16-19-7-12-28-17-19/h1-4,7,12,17-18,20H,5-6,8-11,13-16H2,(H,25,27)/t20-/m1/s1. The summed E-state index contributed by atoms with van der Waals surface area (Å²) in [4.78, 5) is 15.1. The number of benzene rings is 1. The maximum Gasteiger partial charge on any atom is 0.220 e. The minimum Gasteiger partial charge on any atom is -0.356 e. The summed E-state index contributed by atoms with van der Waals surface area (Å²) in [5.41, 5.74) is 4.70. The molecule has 0 unspecified atom stereocenters. The van der Waals surface area contributed by atoms with Crippen LogP contribution in [0.5, 0.6) is 0 Å². The van der Waals surface area contributed by atoms with Crippen molar-refractivity contribution < 1.29 is 4.79 Å². The van der Waals surface area contributed by atoms with Crippen LogP contribution in [-0.4, -0.2) is 30.4 Å². The molecule has 28 heavy (non-hydrogen) atoms. The summed E-state index contributed by atoms with van der Waals surface area (Å²) in [6.45, 7) is 4.28. The summed E-state index contributed by atoms with van der Waals surface area (Å²) in [7, 11) is 0. The Labute approximate surface area is 172 Å². The van der Waals surface area contributed by atoms with Gasteiger partial charge in [-0.2, -0.15) is 11.3 Å². The molecular formula is C24H30N2OS. The van der Waals surface area contributed by atoms with E-state index >= 15 is 0 Å². The first-order chi connectivity index (χ1) is 13.7. The number of carbonyl (C=O) groups is 1. The lowest BCUT2D eigenvalue weighted by atomic mass is 9.73. The van der Waals surface area contributed by atoms with E-state index in [4.69, 9.17) is 0 Å². The van der Waals surface area contributed by atoms with Crippen molar-refractivity contribution in [1.82, 2.24) is 10.2 Å². The van der Waals surface area contributed by atoms with Crippen LogP contribution in [0.15, 0.2) is 41.1 Å². The number of hydrogen-bond acceptors (Lipinski definition) is 3. The smallest absolute Gasteiger partial charge is 0.220 e. The molecule has 0 radical (unpaired) electrons. The lowest BCUT2D eigenvalue weighted by Crippen LogP contribution is -2.41. The summed E-state index contributed by atoms with van der Waals surface area (Å²) < 4.78 is 0. The van der Waals surface area contributed by atoms with Crippen molar-refractivity contribution in [2.75, 3.05) is 19.6 Å². The Morgan fingerprint density at radius 2 is 2.00 bits per heavy atom. The third kappa shape index (κ3) is 3.77. The van der Waals surface area contributed by atoms with Crippen molar-refractivity contribution in [3.05, 3.63) is 57.8 Å². The monoisotopic (exact) mass is 394 g/mol. The fraction of sp³-hybridized carbons (Fsp3) is 0.542. The summed E-state index contributed by atoms with van der Waals surface area (Å²) in [6.07, 6.45) is 6.82. The second kappa shape index (κ2) is 7.64. The zero-order valence-corrected chi connectivity index (χ0v) is 17.3. The number of thiophene rings is 1. The molecule has 1 atom stereocenters. The van der Waals surface area contributed by atoms with Gasteiger partial charge in [0.15, 0.2) is 0 Å². The van der Waals surface area contributed by atoms with E-state index in [-0.39, 0.29) is 11.3 Å². The van der Waals surface area contributed by atoms with Gasteiger partial charge in [0.2, 0.25) is 5.91 Å². The fourth-order valence-electron chi connectivity index (χ4n) is 5.34. The summed E-state index contributed by atoms with van der Waals surface area (Å²) in [6, 6.07) is 11.2. The fourth-order valence-corrected chi connectivity index (χ4v) is 6.00. The molecule has 2 heterocycles. The Morgan fingerprint density at radius 3 is 2.75 bits per heavy atom. The van der Waals surface area contributed by atoms with Crippen molar-refractivity contribution in [2.24, 2.45) is 5.92 Å². The molecule has 3 nitrogen and oxygen atoms in total. The lowest BCUT2D eigenvalue weighted by Gasteiger charge is -2.40. The molecule has 5 rings (SSSR count). The van der Waals surface area contributed by atoms with Crippen LogP contribution >= 0.6 is 11.3 Å². The highest BCUT2D eigenvalue weighted by Crippen LogP contribution is 2.52. The molecule has 1 spiro atoms. The van der Waals surface area contributed by atoms with Crippen molar-refractivity contribution in [3.8, 4) is 0 Å². The van der Waals surface area contributed by atoms with Gasteiger partial charge in [-0.3, -0.25) is 9.69 Å². The summed E-state index contributed by atoms with van der Waals surface area (Å²) in [5, 5.41) is 7.62. The number of fused-ring (bicyclic) bond motifs is 2. The Morgan fingerprint density at radius 1 is 1.18 bits per heavy atom. The highest BCUT2D eigenvalue weighted by atomic mass is 32.1. The van der Waals surface area contributed by atoms with E-state index in [0.717, 1.165) is 38.5 Å². The van der Waals surface area contributed by atoms with Crippen LogP contribution in [0.25, 0.3) is 0 Å². The largest absolute Gasteiger partial charge is 0.356 e. The van der Waals surface area contributed by atoms with E-state index < -0.39 is 0 Å². The number of hydrogen-bond donors (Lipinski definition) is 1. The van der Waals surface area contributed by atoms with E-state index in [0.29, 0.717) is 12.3 Å². The summed E-state index contributed by atoms with van der Waals surface area (Å²) >= 11 is 1.79. The predicted octanol–water partition coefficient (Wildman–Crippen LogP) is 4.69. The molecule has 1 N–H and O–H groups in total. The number of piperidine rings is 1. The molecular weight excluding hydrogens is 364 g/mol. The van der Waals surface area contributed by atoms with Gasteiger partial charge in [-0.05, 0) is 96.0 Å². The van der Waals surface area contributed by atoms with Crippen LogP contribution in [0.2, 0.25) is 0 Å². The predicted molar refractivity (Wildman–Crippen MR) is 115 cm³/mol. The molecule has 1 aliphatic heterocycles. The van der Waals surface area contributed by atoms with Gasteiger partial charge in [-0.15, -0.1) is 0 Å². The molecule has 148 valence electrons. The molecule has 1 saturated carbocycles. The Bertz CT molecular complexity index is 819. The van der Waals surface area contributed by atoms with Gasteiger partial charge in [0.05, 0.1) is 0 Å². The van der Waals surface area contributed by atoms with Crippen LogP contribution in [-0.2, 0) is 16.8 Å². The van der Waals surface area contributed by atoms with Crippen LogP contribution in [0.3, 0.4) is 0 Å². The highest BCUT2D eigenvalue weighted by molar-refractivity contribution is 7.07. The van der Waals surface area contributed by atoms with E-state index in [1.165, 1.54) is 42.4 Å². The first-order valence-electron chi connectivity index (χ1n) is 10.8. The molecule has 4 heteroatoms. The van der Waals surface area contributed by atoms with Gasteiger partial charge < -0.3 is 5.32 Å². The lowest BCUT2D eigenvalue weighted by molar-refractivity contribution is -0.121. The average Bonchev–Trinajstić information content (AvgIpc) is 3.33. The Hall–Kier alpha value is -1.65. The number of rotatable bonds is 6. The molecule has 1 saturated heterocycles. The van der Waals surface area contributed by atoms with E-state index in [1.807, 2.05) is 0 Å². The van der Waals surface area contributed by atoms with Crippen molar-refractivity contribution >= 4 is 17.2 Å². The van der Waals surface area contributed by atoms with Gasteiger partial charge >= 0.3 is 0 Å². The van der Waals surface area contributed by atoms with Crippen LogP contribution < -0.4 is 5.32 Å². The molecule has 2 aromatic rings. The number of amides is 1. The normalized spacial score (nSPS) is 23.6. The van der Waals surface area contributed by atoms with Crippen molar-refractivity contribution in [1.29, 1.82) is 0 Å². The van der Waals surface area contributed by atoms with Crippen LogP contribution in [0.1, 0.15) is 61.1 Å². The van der Waals surface area contributed by atoms with Crippen molar-refractivity contribution in [2.45, 2.75) is 56.4 Å². The number of carbonyl (C=O) groups excluding carboxylic acids is 1.